The molecule has 1 aliphatic heterocycles. The van der Waals surface area contributed by atoms with Crippen molar-refractivity contribution >= 4 is 5.91 Å². The molecule has 2 atom stereocenters. The van der Waals surface area contributed by atoms with Crippen LogP contribution in [0.3, 0.4) is 0 Å². The lowest BCUT2D eigenvalue weighted by Crippen LogP contribution is -2.35. The second-order valence-electron chi connectivity index (χ2n) is 4.72. The molecule has 3 heteroatoms. The van der Waals surface area contributed by atoms with Gasteiger partial charge in [0.05, 0.1) is 13.2 Å². The molecular formula is C11H20N2O. The van der Waals surface area contributed by atoms with Gasteiger partial charge in [-0.25, -0.2) is 0 Å². The Kier molecular flexibility index (Phi) is 3.06. The minimum atomic E-state index is 0.280. The summed E-state index contributed by atoms with van der Waals surface area (Å²) in [6, 6.07) is 0. The average Bonchev–Trinajstić information content (AvgIpc) is 2.56. The molecule has 1 aliphatic carbocycles. The third-order valence-corrected chi connectivity index (χ3v) is 3.68. The molecule has 0 spiro atoms. The van der Waals surface area contributed by atoms with Gasteiger partial charge in [-0.3, -0.25) is 10.1 Å². The summed E-state index contributed by atoms with van der Waals surface area (Å²) in [5.41, 5.74) is 0. The van der Waals surface area contributed by atoms with Crippen molar-refractivity contribution in [1.29, 1.82) is 0 Å². The SMILES string of the molecule is CC1CCCCC1CN1CNCC1=O. The predicted molar refractivity (Wildman–Crippen MR) is 55.7 cm³/mol. The molecule has 80 valence electrons. The predicted octanol–water partition coefficient (Wildman–Crippen LogP) is 1.20. The molecule has 0 aromatic carbocycles. The highest BCUT2D eigenvalue weighted by Gasteiger charge is 2.27. The van der Waals surface area contributed by atoms with E-state index < -0.39 is 0 Å². The summed E-state index contributed by atoms with van der Waals surface area (Å²) in [5.74, 6) is 1.83. The van der Waals surface area contributed by atoms with E-state index >= 15 is 0 Å². The molecule has 0 aromatic heterocycles. The first kappa shape index (κ1) is 9.97. The van der Waals surface area contributed by atoms with E-state index in [1.807, 2.05) is 4.90 Å². The summed E-state index contributed by atoms with van der Waals surface area (Å²) in [5, 5.41) is 3.10. The van der Waals surface area contributed by atoms with Crippen LogP contribution in [0.4, 0.5) is 0 Å². The molecule has 3 nitrogen and oxygen atoms in total. The Bertz CT molecular complexity index is 217. The average molecular weight is 196 g/mol. The summed E-state index contributed by atoms with van der Waals surface area (Å²) in [6.07, 6.45) is 5.39. The lowest BCUT2D eigenvalue weighted by Gasteiger charge is -2.31. The van der Waals surface area contributed by atoms with Gasteiger partial charge in [-0.05, 0) is 18.3 Å². The summed E-state index contributed by atoms with van der Waals surface area (Å²) in [4.78, 5) is 13.4. The molecule has 1 saturated heterocycles. The van der Waals surface area contributed by atoms with E-state index in [-0.39, 0.29) is 5.91 Å². The van der Waals surface area contributed by atoms with Gasteiger partial charge in [0.15, 0.2) is 0 Å². The van der Waals surface area contributed by atoms with Crippen molar-refractivity contribution in [3.8, 4) is 0 Å². The van der Waals surface area contributed by atoms with Crippen molar-refractivity contribution in [3.63, 3.8) is 0 Å². The van der Waals surface area contributed by atoms with Crippen LogP contribution in [0, 0.1) is 11.8 Å². The van der Waals surface area contributed by atoms with Gasteiger partial charge in [0, 0.05) is 6.54 Å². The van der Waals surface area contributed by atoms with Gasteiger partial charge in [0.25, 0.3) is 0 Å². The zero-order chi connectivity index (χ0) is 9.97. The lowest BCUT2D eigenvalue weighted by molar-refractivity contribution is -0.127. The number of amides is 1. The molecule has 2 fully saturated rings. The normalized spacial score (nSPS) is 33.8. The largest absolute Gasteiger partial charge is 0.329 e. The summed E-state index contributed by atoms with van der Waals surface area (Å²) in [7, 11) is 0. The van der Waals surface area contributed by atoms with Gasteiger partial charge in [0.2, 0.25) is 5.91 Å². The first-order valence-corrected chi connectivity index (χ1v) is 5.76. The third-order valence-electron chi connectivity index (χ3n) is 3.68. The molecule has 1 heterocycles. The zero-order valence-corrected chi connectivity index (χ0v) is 8.96. The van der Waals surface area contributed by atoms with E-state index in [4.69, 9.17) is 0 Å². The molecule has 1 N–H and O–H groups in total. The third kappa shape index (κ3) is 2.08. The second kappa shape index (κ2) is 4.30. The minimum Gasteiger partial charge on any atom is -0.329 e. The fourth-order valence-electron chi connectivity index (χ4n) is 2.61. The van der Waals surface area contributed by atoms with Crippen LogP contribution >= 0.6 is 0 Å². The molecular weight excluding hydrogens is 176 g/mol. The van der Waals surface area contributed by atoms with Crippen LogP contribution in [0.15, 0.2) is 0 Å². The Hall–Kier alpha value is -0.570. The number of rotatable bonds is 2. The van der Waals surface area contributed by atoms with Crippen molar-refractivity contribution in [2.45, 2.75) is 32.6 Å². The second-order valence-corrected chi connectivity index (χ2v) is 4.72. The molecule has 2 unspecified atom stereocenters. The Morgan fingerprint density at radius 2 is 2.21 bits per heavy atom. The van der Waals surface area contributed by atoms with Crippen LogP contribution in [-0.4, -0.2) is 30.6 Å². The fraction of sp³-hybridized carbons (Fsp3) is 0.909. The van der Waals surface area contributed by atoms with E-state index in [1.54, 1.807) is 0 Å². The molecule has 2 aliphatic rings. The maximum Gasteiger partial charge on any atom is 0.237 e. The van der Waals surface area contributed by atoms with Crippen molar-refractivity contribution in [2.75, 3.05) is 19.8 Å². The summed E-state index contributed by atoms with van der Waals surface area (Å²) < 4.78 is 0. The number of hydrogen-bond donors (Lipinski definition) is 1. The molecule has 2 rings (SSSR count). The van der Waals surface area contributed by atoms with Crippen molar-refractivity contribution in [2.24, 2.45) is 11.8 Å². The fourth-order valence-corrected chi connectivity index (χ4v) is 2.61. The van der Waals surface area contributed by atoms with Gasteiger partial charge in [-0.1, -0.05) is 26.2 Å². The van der Waals surface area contributed by atoms with Gasteiger partial charge in [-0.2, -0.15) is 0 Å². The van der Waals surface area contributed by atoms with Crippen LogP contribution in [0.5, 0.6) is 0 Å². The summed E-state index contributed by atoms with van der Waals surface area (Å²) >= 11 is 0. The van der Waals surface area contributed by atoms with Gasteiger partial charge in [-0.15, -0.1) is 0 Å². The highest BCUT2D eigenvalue weighted by molar-refractivity contribution is 5.79. The van der Waals surface area contributed by atoms with Crippen molar-refractivity contribution in [1.82, 2.24) is 10.2 Å². The maximum atomic E-state index is 11.4. The minimum absolute atomic E-state index is 0.280. The molecule has 0 aromatic rings. The maximum absolute atomic E-state index is 11.4. The Morgan fingerprint density at radius 3 is 2.86 bits per heavy atom. The number of carbonyl (C=O) groups is 1. The molecule has 0 bridgehead atoms. The number of nitrogens with one attached hydrogen (secondary N) is 1. The van der Waals surface area contributed by atoms with Crippen LogP contribution in [-0.2, 0) is 4.79 Å². The number of nitrogens with zero attached hydrogens (tertiary/aromatic N) is 1. The highest BCUT2D eigenvalue weighted by Crippen LogP contribution is 2.30. The van der Waals surface area contributed by atoms with E-state index in [0.29, 0.717) is 6.54 Å². The molecule has 1 amide bonds. The topological polar surface area (TPSA) is 32.3 Å². The first-order valence-electron chi connectivity index (χ1n) is 5.76. The quantitative estimate of drug-likeness (QED) is 0.720. The molecule has 14 heavy (non-hydrogen) atoms. The Balaban J connectivity index is 1.86. The first-order chi connectivity index (χ1) is 6.77. The Labute approximate surface area is 85.8 Å². The summed E-state index contributed by atoms with van der Waals surface area (Å²) in [6.45, 7) is 4.62. The van der Waals surface area contributed by atoms with E-state index in [1.165, 1.54) is 25.7 Å². The van der Waals surface area contributed by atoms with Crippen LogP contribution in [0.2, 0.25) is 0 Å². The van der Waals surface area contributed by atoms with E-state index in [2.05, 4.69) is 12.2 Å². The zero-order valence-electron chi connectivity index (χ0n) is 8.96. The smallest absolute Gasteiger partial charge is 0.237 e. The Morgan fingerprint density at radius 1 is 1.43 bits per heavy atom. The van der Waals surface area contributed by atoms with Gasteiger partial charge < -0.3 is 4.90 Å². The molecule has 0 radical (unpaired) electrons. The van der Waals surface area contributed by atoms with Crippen LogP contribution in [0.1, 0.15) is 32.6 Å². The highest BCUT2D eigenvalue weighted by atomic mass is 16.2. The van der Waals surface area contributed by atoms with Gasteiger partial charge >= 0.3 is 0 Å². The van der Waals surface area contributed by atoms with E-state index in [0.717, 1.165) is 25.0 Å². The van der Waals surface area contributed by atoms with E-state index in [9.17, 15) is 4.79 Å². The van der Waals surface area contributed by atoms with Crippen LogP contribution in [0.25, 0.3) is 0 Å². The molecule has 1 saturated carbocycles. The monoisotopic (exact) mass is 196 g/mol. The lowest BCUT2D eigenvalue weighted by atomic mass is 9.80. The van der Waals surface area contributed by atoms with Crippen molar-refractivity contribution < 1.29 is 4.79 Å². The number of hydrogen-bond acceptors (Lipinski definition) is 2. The van der Waals surface area contributed by atoms with Crippen molar-refractivity contribution in [3.05, 3.63) is 0 Å². The van der Waals surface area contributed by atoms with Crippen LogP contribution < -0.4 is 5.32 Å². The number of carbonyl (C=O) groups excluding carboxylic acids is 1. The van der Waals surface area contributed by atoms with Gasteiger partial charge in [0.1, 0.15) is 0 Å². The standard InChI is InChI=1S/C11H20N2O/c1-9-4-2-3-5-10(9)7-13-8-12-6-11(13)14/h9-10,12H,2-8H2,1H3.